The summed E-state index contributed by atoms with van der Waals surface area (Å²) in [6.07, 6.45) is 10.7. The van der Waals surface area contributed by atoms with E-state index in [1.165, 1.54) is 12.0 Å². The Hall–Kier alpha value is -2.39. The van der Waals surface area contributed by atoms with Crippen molar-refractivity contribution < 1.29 is 5.11 Å². The molecule has 1 aromatic heterocycles. The highest BCUT2D eigenvalue weighted by atomic mass is 16.3. The molecule has 2 N–H and O–H groups in total. The summed E-state index contributed by atoms with van der Waals surface area (Å²) >= 11 is 0. The van der Waals surface area contributed by atoms with E-state index in [0.29, 0.717) is 11.8 Å². The molecule has 3 rings (SSSR count). The second-order valence-corrected chi connectivity index (χ2v) is 8.47. The summed E-state index contributed by atoms with van der Waals surface area (Å²) in [7, 11) is 0. The van der Waals surface area contributed by atoms with Crippen molar-refractivity contribution in [2.24, 2.45) is 5.41 Å². The Bertz CT molecular complexity index is 819. The van der Waals surface area contributed by atoms with Crippen LogP contribution in [0, 0.1) is 5.41 Å². The molecule has 1 unspecified atom stereocenters. The number of pyridine rings is 1. The molecule has 0 saturated heterocycles. The Kier molecular flexibility index (Phi) is 6.69. The van der Waals surface area contributed by atoms with Crippen molar-refractivity contribution in [3.8, 4) is 11.3 Å². The molecule has 148 valence electrons. The lowest BCUT2D eigenvalue weighted by Gasteiger charge is -2.24. The van der Waals surface area contributed by atoms with Gasteiger partial charge in [-0.3, -0.25) is 4.98 Å². The van der Waals surface area contributed by atoms with Gasteiger partial charge in [0, 0.05) is 23.9 Å². The predicted molar refractivity (Wildman–Crippen MR) is 116 cm³/mol. The van der Waals surface area contributed by atoms with E-state index in [1.807, 2.05) is 42.5 Å². The van der Waals surface area contributed by atoms with E-state index in [0.717, 1.165) is 41.8 Å². The van der Waals surface area contributed by atoms with Crippen molar-refractivity contribution >= 4 is 0 Å². The number of nitrogens with one attached hydrogen (secondary N) is 1. The minimum atomic E-state index is -0.515. The van der Waals surface area contributed by atoms with Gasteiger partial charge in [0.2, 0.25) is 0 Å². The van der Waals surface area contributed by atoms with E-state index in [1.54, 1.807) is 6.20 Å². The lowest BCUT2D eigenvalue weighted by atomic mass is 9.82. The number of nitrogens with zero attached hydrogens (tertiary/aromatic N) is 1. The quantitative estimate of drug-likeness (QED) is 0.609. The molecular formula is C25H32N2O. The van der Waals surface area contributed by atoms with Crippen molar-refractivity contribution in [1.29, 1.82) is 0 Å². The maximum atomic E-state index is 10.7. The molecule has 1 aliphatic rings. The van der Waals surface area contributed by atoms with Gasteiger partial charge in [0.05, 0.1) is 11.8 Å². The largest absolute Gasteiger partial charge is 0.388 e. The number of aliphatic hydroxyl groups excluding tert-OH is 1. The van der Waals surface area contributed by atoms with Gasteiger partial charge >= 0.3 is 0 Å². The summed E-state index contributed by atoms with van der Waals surface area (Å²) in [5.41, 5.74) is 5.85. The third kappa shape index (κ3) is 5.56. The first-order valence-corrected chi connectivity index (χ1v) is 10.3. The summed E-state index contributed by atoms with van der Waals surface area (Å²) in [6, 6.07) is 13.9. The predicted octanol–water partition coefficient (Wildman–Crippen LogP) is 6.15. The van der Waals surface area contributed by atoms with Gasteiger partial charge in [0.1, 0.15) is 0 Å². The number of hydrogen-bond acceptors (Lipinski definition) is 3. The van der Waals surface area contributed by atoms with E-state index >= 15 is 0 Å². The summed E-state index contributed by atoms with van der Waals surface area (Å²) in [6.45, 7) is 6.90. The van der Waals surface area contributed by atoms with Crippen LogP contribution in [0.1, 0.15) is 64.5 Å². The molecule has 1 atom stereocenters. The van der Waals surface area contributed by atoms with Gasteiger partial charge in [0.15, 0.2) is 0 Å². The summed E-state index contributed by atoms with van der Waals surface area (Å²) in [5.74, 6) is 0. The number of allylic oxidation sites excluding steroid dienone is 2. The Labute approximate surface area is 169 Å². The van der Waals surface area contributed by atoms with Gasteiger partial charge in [-0.1, -0.05) is 69.2 Å². The van der Waals surface area contributed by atoms with Crippen molar-refractivity contribution in [1.82, 2.24) is 10.3 Å². The fraction of sp³-hybridized carbons (Fsp3) is 0.400. The Balaban J connectivity index is 1.60. The van der Waals surface area contributed by atoms with Crippen LogP contribution >= 0.6 is 0 Å². The second-order valence-electron chi connectivity index (χ2n) is 8.47. The van der Waals surface area contributed by atoms with Crippen molar-refractivity contribution in [2.45, 2.75) is 59.0 Å². The minimum Gasteiger partial charge on any atom is -0.388 e. The molecule has 0 amide bonds. The number of rotatable bonds is 7. The highest BCUT2D eigenvalue weighted by Crippen LogP contribution is 2.32. The van der Waals surface area contributed by atoms with Crippen LogP contribution in [-0.2, 0) is 0 Å². The first-order valence-electron chi connectivity index (χ1n) is 10.3. The molecule has 0 bridgehead atoms. The maximum absolute atomic E-state index is 10.7. The van der Waals surface area contributed by atoms with Crippen molar-refractivity contribution in [3.63, 3.8) is 0 Å². The van der Waals surface area contributed by atoms with Crippen LogP contribution in [0.4, 0.5) is 0 Å². The molecule has 3 nitrogen and oxygen atoms in total. The summed E-state index contributed by atoms with van der Waals surface area (Å²) in [4.78, 5) is 4.38. The molecule has 28 heavy (non-hydrogen) atoms. The topological polar surface area (TPSA) is 45.1 Å². The highest BCUT2D eigenvalue weighted by Gasteiger charge is 2.18. The van der Waals surface area contributed by atoms with Crippen LogP contribution < -0.4 is 5.32 Å². The molecular weight excluding hydrogens is 344 g/mol. The zero-order valence-electron chi connectivity index (χ0n) is 17.3. The molecule has 0 saturated carbocycles. The minimum absolute atomic E-state index is 0.340. The van der Waals surface area contributed by atoms with Crippen molar-refractivity contribution in [2.75, 3.05) is 0 Å². The molecule has 0 spiro atoms. The van der Waals surface area contributed by atoms with Crippen LogP contribution in [0.15, 0.2) is 72.2 Å². The van der Waals surface area contributed by atoms with E-state index in [9.17, 15) is 5.11 Å². The Morgan fingerprint density at radius 2 is 1.93 bits per heavy atom. The first kappa shape index (κ1) is 20.3. The average molecular weight is 377 g/mol. The van der Waals surface area contributed by atoms with E-state index in [-0.39, 0.29) is 0 Å². The number of aromatic nitrogens is 1. The van der Waals surface area contributed by atoms with Gasteiger partial charge in [0.25, 0.3) is 0 Å². The van der Waals surface area contributed by atoms with Crippen LogP contribution in [0.25, 0.3) is 11.3 Å². The molecule has 0 aliphatic carbocycles. The lowest BCUT2D eigenvalue weighted by molar-refractivity contribution is 0.176. The van der Waals surface area contributed by atoms with Gasteiger partial charge in [-0.25, -0.2) is 0 Å². The molecule has 0 radical (unpaired) electrons. The zero-order chi connectivity index (χ0) is 20.0. The second kappa shape index (κ2) is 9.20. The average Bonchev–Trinajstić information content (AvgIpc) is 2.93. The molecule has 3 heteroatoms. The summed E-state index contributed by atoms with van der Waals surface area (Å²) < 4.78 is 0. The smallest absolute Gasteiger partial charge is 0.0844 e. The lowest BCUT2D eigenvalue weighted by Crippen LogP contribution is -2.13. The number of hydrogen-bond donors (Lipinski definition) is 2. The van der Waals surface area contributed by atoms with Gasteiger partial charge in [-0.2, -0.15) is 0 Å². The Morgan fingerprint density at radius 1 is 1.14 bits per heavy atom. The normalized spacial score (nSPS) is 15.9. The fourth-order valence-electron chi connectivity index (χ4n) is 3.51. The van der Waals surface area contributed by atoms with Crippen LogP contribution in [0.3, 0.4) is 0 Å². The molecule has 1 aliphatic heterocycles. The van der Waals surface area contributed by atoms with Crippen LogP contribution in [0.2, 0.25) is 0 Å². The molecule has 2 heterocycles. The number of aliphatic hydroxyl groups is 1. The van der Waals surface area contributed by atoms with Crippen LogP contribution in [0.5, 0.6) is 0 Å². The molecule has 2 aromatic rings. The standard InChI is InChI=1S/C25H32N2O/c1-4-25(2,3)17-19-8-7-9-22(27-18-19)16-24(28)21-13-11-20(12-14-21)23-10-5-6-15-26-23/h5-6,9-15,18,24,27-28H,4,7-8,16-17H2,1-3H3. The van der Waals surface area contributed by atoms with Gasteiger partial charge in [-0.15, -0.1) is 0 Å². The SMILES string of the molecule is CCC(C)(C)CC1=CNC(CC(O)c2ccc(-c3ccccn3)cc2)=CCC1. The van der Waals surface area contributed by atoms with E-state index in [2.05, 4.69) is 43.3 Å². The third-order valence-corrected chi connectivity index (χ3v) is 5.65. The molecule has 0 fully saturated rings. The fourth-order valence-corrected chi connectivity index (χ4v) is 3.51. The maximum Gasteiger partial charge on any atom is 0.0844 e. The Morgan fingerprint density at radius 3 is 2.61 bits per heavy atom. The van der Waals surface area contributed by atoms with E-state index < -0.39 is 6.10 Å². The zero-order valence-corrected chi connectivity index (χ0v) is 17.3. The van der Waals surface area contributed by atoms with E-state index in [4.69, 9.17) is 0 Å². The summed E-state index contributed by atoms with van der Waals surface area (Å²) in [5, 5.41) is 14.1. The van der Waals surface area contributed by atoms with Crippen molar-refractivity contribution in [3.05, 3.63) is 77.8 Å². The first-order chi connectivity index (χ1) is 13.5. The van der Waals surface area contributed by atoms with Gasteiger partial charge in [-0.05, 0) is 48.6 Å². The van der Waals surface area contributed by atoms with Crippen LogP contribution in [-0.4, -0.2) is 10.1 Å². The molecule has 1 aromatic carbocycles. The van der Waals surface area contributed by atoms with Gasteiger partial charge < -0.3 is 10.4 Å². The highest BCUT2D eigenvalue weighted by molar-refractivity contribution is 5.59. The third-order valence-electron chi connectivity index (χ3n) is 5.65. The number of benzene rings is 1. The monoisotopic (exact) mass is 376 g/mol.